The third-order valence-electron chi connectivity index (χ3n) is 8.40. The van der Waals surface area contributed by atoms with Gasteiger partial charge in [0.05, 0.1) is 11.1 Å². The molecule has 0 aromatic heterocycles. The molecule has 2 aromatic rings. The fourth-order valence-electron chi connectivity index (χ4n) is 7.43. The summed E-state index contributed by atoms with van der Waals surface area (Å²) in [5.41, 5.74) is 0.575. The number of hydrogen-bond acceptors (Lipinski definition) is 6. The van der Waals surface area contributed by atoms with Gasteiger partial charge >= 0.3 is 11.9 Å². The van der Waals surface area contributed by atoms with Crippen LogP contribution in [0.4, 0.5) is 0 Å². The Morgan fingerprint density at radius 2 is 1.19 bits per heavy atom. The Morgan fingerprint density at radius 1 is 0.719 bits per heavy atom. The summed E-state index contributed by atoms with van der Waals surface area (Å²) in [4.78, 5) is 25.8. The summed E-state index contributed by atoms with van der Waals surface area (Å²) in [6.07, 6.45) is 3.67. The molecule has 0 heterocycles. The van der Waals surface area contributed by atoms with Crippen LogP contribution in [0.3, 0.4) is 0 Å². The van der Waals surface area contributed by atoms with Crippen molar-refractivity contribution in [2.45, 2.75) is 37.9 Å². The number of hydrogen-bond donors (Lipinski definition) is 2. The fraction of sp³-hybridized carbons (Fsp3) is 0.462. The number of benzene rings is 2. The maximum absolute atomic E-state index is 12.9. The van der Waals surface area contributed by atoms with Crippen molar-refractivity contribution >= 4 is 11.9 Å². The molecular weight excluding hydrogens is 408 g/mol. The Kier molecular flexibility index (Phi) is 4.46. The highest BCUT2D eigenvalue weighted by molar-refractivity contribution is 5.91. The van der Waals surface area contributed by atoms with Crippen LogP contribution < -0.4 is 0 Å². The minimum absolute atomic E-state index is 0.00687. The van der Waals surface area contributed by atoms with Crippen molar-refractivity contribution in [3.63, 3.8) is 0 Å². The number of phenolic OH excluding ortho intramolecular Hbond substituents is 2. The Bertz CT molecular complexity index is 996. The van der Waals surface area contributed by atoms with Crippen molar-refractivity contribution in [2.75, 3.05) is 0 Å². The molecule has 6 heteroatoms. The van der Waals surface area contributed by atoms with E-state index < -0.39 is 24.1 Å². The second-order valence-corrected chi connectivity index (χ2v) is 9.89. The van der Waals surface area contributed by atoms with Gasteiger partial charge in [-0.25, -0.2) is 9.59 Å². The lowest BCUT2D eigenvalue weighted by molar-refractivity contribution is -0.0891. The van der Waals surface area contributed by atoms with E-state index in [0.717, 1.165) is 6.42 Å². The van der Waals surface area contributed by atoms with Gasteiger partial charge in [0.2, 0.25) is 0 Å². The SMILES string of the molecule is O=C(OC1C2CC(C1OC(=O)c1cccc(O)c1)C1C3CCC(C3)C21)c1cccc(O)c1. The van der Waals surface area contributed by atoms with Crippen molar-refractivity contribution in [1.82, 2.24) is 0 Å². The summed E-state index contributed by atoms with van der Waals surface area (Å²) >= 11 is 0. The van der Waals surface area contributed by atoms with E-state index in [4.69, 9.17) is 9.47 Å². The first-order chi connectivity index (χ1) is 15.5. The summed E-state index contributed by atoms with van der Waals surface area (Å²) in [6, 6.07) is 12.2. The summed E-state index contributed by atoms with van der Waals surface area (Å²) < 4.78 is 12.0. The zero-order valence-electron chi connectivity index (χ0n) is 17.6. The minimum atomic E-state index is -0.503. The second kappa shape index (κ2) is 7.26. The molecule has 0 aliphatic heterocycles. The van der Waals surface area contributed by atoms with Crippen LogP contribution in [0.1, 0.15) is 46.4 Å². The fourth-order valence-corrected chi connectivity index (χ4v) is 7.43. The van der Waals surface area contributed by atoms with Gasteiger partial charge in [-0.05, 0) is 85.8 Å². The third-order valence-corrected chi connectivity index (χ3v) is 8.40. The molecule has 0 amide bonds. The Balaban J connectivity index is 1.28. The van der Waals surface area contributed by atoms with Crippen molar-refractivity contribution in [2.24, 2.45) is 35.5 Å². The molecule has 166 valence electrons. The molecule has 6 rings (SSSR count). The highest BCUT2D eigenvalue weighted by Crippen LogP contribution is 2.68. The molecule has 0 radical (unpaired) electrons. The highest BCUT2D eigenvalue weighted by atomic mass is 16.6. The van der Waals surface area contributed by atoms with Gasteiger partial charge < -0.3 is 19.7 Å². The maximum Gasteiger partial charge on any atom is 0.338 e. The van der Waals surface area contributed by atoms with Crippen molar-refractivity contribution in [1.29, 1.82) is 0 Å². The number of ether oxygens (including phenoxy) is 2. The summed E-state index contributed by atoms with van der Waals surface area (Å²) in [7, 11) is 0. The monoisotopic (exact) mass is 434 g/mol. The van der Waals surface area contributed by atoms with Crippen LogP contribution in [-0.2, 0) is 9.47 Å². The molecule has 32 heavy (non-hydrogen) atoms. The van der Waals surface area contributed by atoms with Gasteiger partial charge in [-0.15, -0.1) is 0 Å². The number of fused-ring (bicyclic) bond motifs is 9. The lowest BCUT2D eigenvalue weighted by Crippen LogP contribution is -2.48. The number of carbonyl (C=O) groups excluding carboxylic acids is 2. The van der Waals surface area contributed by atoms with Crippen LogP contribution in [0, 0.1) is 35.5 Å². The van der Waals surface area contributed by atoms with Crippen LogP contribution in [0.15, 0.2) is 48.5 Å². The van der Waals surface area contributed by atoms with E-state index in [1.165, 1.54) is 43.5 Å². The zero-order chi connectivity index (χ0) is 22.0. The first-order valence-electron chi connectivity index (χ1n) is 11.5. The van der Waals surface area contributed by atoms with Crippen LogP contribution in [0.5, 0.6) is 11.5 Å². The average Bonchev–Trinajstić information content (AvgIpc) is 3.54. The van der Waals surface area contributed by atoms with Crippen molar-refractivity contribution < 1.29 is 29.3 Å². The van der Waals surface area contributed by atoms with Gasteiger partial charge in [0, 0.05) is 11.8 Å². The lowest BCUT2D eigenvalue weighted by Gasteiger charge is -2.42. The normalized spacial score (nSPS) is 36.1. The standard InChI is InChI=1S/C26H26O6/c27-17-5-1-3-15(10-17)25(29)31-23-19-12-20(22-14-8-7-13(9-14)21(19)22)24(23)32-26(30)16-4-2-6-18(28)11-16/h1-6,10-11,13-14,19-24,27-28H,7-9,12H2. The first-order valence-corrected chi connectivity index (χ1v) is 11.5. The predicted molar refractivity (Wildman–Crippen MR) is 114 cm³/mol. The summed E-state index contributed by atoms with van der Waals surface area (Å²) in [5, 5.41) is 19.5. The molecule has 4 aliphatic rings. The number of phenols is 2. The van der Waals surface area contributed by atoms with Crippen molar-refractivity contribution in [3.8, 4) is 11.5 Å². The van der Waals surface area contributed by atoms with Gasteiger partial charge in [-0.1, -0.05) is 12.1 Å². The Labute approximate surface area is 186 Å². The van der Waals surface area contributed by atoms with E-state index in [-0.39, 0.29) is 34.5 Å². The quantitative estimate of drug-likeness (QED) is 0.554. The second-order valence-electron chi connectivity index (χ2n) is 9.89. The number of esters is 2. The topological polar surface area (TPSA) is 93.1 Å². The van der Waals surface area contributed by atoms with Gasteiger partial charge in [0.15, 0.2) is 0 Å². The number of aromatic hydroxyl groups is 2. The molecule has 4 fully saturated rings. The van der Waals surface area contributed by atoms with Crippen LogP contribution in [0.25, 0.3) is 0 Å². The molecule has 4 aliphatic carbocycles. The van der Waals surface area contributed by atoms with Gasteiger partial charge in [-0.2, -0.15) is 0 Å². The van der Waals surface area contributed by atoms with E-state index in [0.29, 0.717) is 23.7 Å². The Hall–Kier alpha value is -3.02. The van der Waals surface area contributed by atoms with E-state index >= 15 is 0 Å². The van der Waals surface area contributed by atoms with Crippen molar-refractivity contribution in [3.05, 3.63) is 59.7 Å². The Morgan fingerprint density at radius 3 is 1.62 bits per heavy atom. The molecule has 0 saturated heterocycles. The van der Waals surface area contributed by atoms with E-state index in [1.807, 2.05) is 0 Å². The zero-order valence-corrected chi connectivity index (χ0v) is 17.6. The smallest absolute Gasteiger partial charge is 0.338 e. The third kappa shape index (κ3) is 2.99. The van der Waals surface area contributed by atoms with Gasteiger partial charge in [0.25, 0.3) is 0 Å². The van der Waals surface area contributed by atoms with E-state index in [1.54, 1.807) is 24.3 Å². The molecule has 8 unspecified atom stereocenters. The van der Waals surface area contributed by atoms with Crippen LogP contribution >= 0.6 is 0 Å². The average molecular weight is 434 g/mol. The van der Waals surface area contributed by atoms with Crippen LogP contribution in [-0.4, -0.2) is 34.4 Å². The largest absolute Gasteiger partial charge is 0.508 e. The number of carbonyl (C=O) groups is 2. The lowest BCUT2D eigenvalue weighted by atomic mass is 9.69. The highest BCUT2D eigenvalue weighted by Gasteiger charge is 2.68. The molecule has 4 saturated carbocycles. The van der Waals surface area contributed by atoms with E-state index in [9.17, 15) is 19.8 Å². The van der Waals surface area contributed by atoms with Gasteiger partial charge in [0.1, 0.15) is 23.7 Å². The summed E-state index contributed by atoms with van der Waals surface area (Å²) in [5.74, 6) is 1.85. The molecule has 4 bridgehead atoms. The predicted octanol–water partition coefficient (Wildman–Crippen LogP) is 4.16. The van der Waals surface area contributed by atoms with E-state index in [2.05, 4.69) is 0 Å². The molecule has 0 spiro atoms. The molecule has 6 nitrogen and oxygen atoms in total. The van der Waals surface area contributed by atoms with Gasteiger partial charge in [-0.3, -0.25) is 0 Å². The minimum Gasteiger partial charge on any atom is -0.508 e. The summed E-state index contributed by atoms with van der Waals surface area (Å²) in [6.45, 7) is 0. The molecule has 2 aromatic carbocycles. The maximum atomic E-state index is 12.9. The molecular formula is C26H26O6. The number of rotatable bonds is 4. The molecule has 2 N–H and O–H groups in total. The molecule has 8 atom stereocenters. The van der Waals surface area contributed by atoms with Crippen LogP contribution in [0.2, 0.25) is 0 Å². The first kappa shape index (κ1) is 19.6.